The molecule has 4 aromatic rings. The number of aromatic nitrogens is 4. The molecule has 0 unspecified atom stereocenters. The summed E-state index contributed by atoms with van der Waals surface area (Å²) in [5.41, 5.74) is 3.43. The fraction of sp³-hybridized carbons (Fsp3) is 0.0556. The molecule has 24 heavy (non-hydrogen) atoms. The molecule has 0 bridgehead atoms. The summed E-state index contributed by atoms with van der Waals surface area (Å²) in [6.07, 6.45) is 2.34. The maximum atomic E-state index is 12.4. The van der Waals surface area contributed by atoms with E-state index in [1.807, 2.05) is 54.6 Å². The third kappa shape index (κ3) is 2.59. The number of fused-ring (bicyclic) bond motifs is 1. The van der Waals surface area contributed by atoms with Gasteiger partial charge in [0.15, 0.2) is 0 Å². The normalized spacial score (nSPS) is 11.0. The topological polar surface area (TPSA) is 57.1 Å². The van der Waals surface area contributed by atoms with Crippen molar-refractivity contribution in [1.29, 1.82) is 0 Å². The van der Waals surface area contributed by atoms with E-state index in [9.17, 15) is 5.11 Å². The first-order valence-corrected chi connectivity index (χ1v) is 7.86. The van der Waals surface area contributed by atoms with Gasteiger partial charge < -0.3 is 5.11 Å². The number of hydrogen-bond acceptors (Lipinski definition) is 3. The Bertz CT molecular complexity index is 997. The molecule has 0 radical (unpaired) electrons. The van der Waals surface area contributed by atoms with Gasteiger partial charge >= 0.3 is 0 Å². The molecular weight excluding hydrogens is 324 g/mol. The molecule has 3 heterocycles. The monoisotopic (exact) mass is 336 g/mol. The second-order valence-electron chi connectivity index (χ2n) is 5.41. The molecule has 0 fully saturated rings. The molecule has 118 valence electrons. The van der Waals surface area contributed by atoms with Crippen LogP contribution in [0.25, 0.3) is 11.3 Å². The average Bonchev–Trinajstić information content (AvgIpc) is 2.95. The van der Waals surface area contributed by atoms with E-state index in [1.54, 1.807) is 21.3 Å². The van der Waals surface area contributed by atoms with E-state index < -0.39 is 0 Å². The average molecular weight is 337 g/mol. The van der Waals surface area contributed by atoms with Gasteiger partial charge in [0, 0.05) is 23.8 Å². The molecular formula is C18H13ClN4O. The first kappa shape index (κ1) is 14.7. The third-order valence-corrected chi connectivity index (χ3v) is 4.04. The summed E-state index contributed by atoms with van der Waals surface area (Å²) in [5.74, 6) is 0. The van der Waals surface area contributed by atoms with Gasteiger partial charge in [0.25, 0.3) is 11.7 Å². The van der Waals surface area contributed by atoms with E-state index in [1.165, 1.54) is 0 Å². The summed E-state index contributed by atoms with van der Waals surface area (Å²) in [6.45, 7) is 0. The van der Waals surface area contributed by atoms with Gasteiger partial charge in [-0.25, -0.2) is 9.55 Å². The summed E-state index contributed by atoms with van der Waals surface area (Å²) in [6, 6.07) is 18.6. The molecule has 4 rings (SSSR count). The second-order valence-corrected chi connectivity index (χ2v) is 5.79. The highest BCUT2D eigenvalue weighted by molar-refractivity contribution is 6.29. The van der Waals surface area contributed by atoms with Crippen LogP contribution in [0.15, 0.2) is 66.9 Å². The number of hydrogen-bond donors (Lipinski definition) is 0. The number of pyridine rings is 2. The maximum absolute atomic E-state index is 12.4. The van der Waals surface area contributed by atoms with Crippen LogP contribution in [0.3, 0.4) is 0 Å². The van der Waals surface area contributed by atoms with Crippen LogP contribution in [0, 0.1) is 0 Å². The van der Waals surface area contributed by atoms with Crippen molar-refractivity contribution in [3.05, 3.63) is 83.3 Å². The minimum Gasteiger partial charge on any atom is -0.817 e. The molecule has 0 amide bonds. The number of benzene rings is 1. The highest BCUT2D eigenvalue weighted by atomic mass is 35.5. The molecule has 3 aromatic heterocycles. The van der Waals surface area contributed by atoms with E-state index in [-0.39, 0.29) is 6.01 Å². The zero-order valence-electron chi connectivity index (χ0n) is 12.6. The van der Waals surface area contributed by atoms with Crippen molar-refractivity contribution in [3.63, 3.8) is 0 Å². The van der Waals surface area contributed by atoms with Crippen molar-refractivity contribution in [2.75, 3.05) is 0 Å². The van der Waals surface area contributed by atoms with Gasteiger partial charge in [0.1, 0.15) is 16.5 Å². The fourth-order valence-electron chi connectivity index (χ4n) is 2.72. The summed E-state index contributed by atoms with van der Waals surface area (Å²) in [5, 5.41) is 17.0. The minimum atomic E-state index is -0.303. The first-order valence-electron chi connectivity index (χ1n) is 7.48. The molecule has 0 spiro atoms. The van der Waals surface area contributed by atoms with Gasteiger partial charge in [-0.3, -0.25) is 0 Å². The Balaban J connectivity index is 1.83. The standard InChI is InChI=1S/C18H13ClN4O/c19-16-10-9-13(12-20-16)11-15-7-4-8-17-22(18(24)21-23(15)17)14-5-2-1-3-6-14/h1-10,12H,11H2. The van der Waals surface area contributed by atoms with Crippen molar-refractivity contribution >= 4 is 17.2 Å². The Hall–Kier alpha value is -2.92. The summed E-state index contributed by atoms with van der Waals surface area (Å²) in [4.78, 5) is 4.09. The molecule has 5 nitrogen and oxygen atoms in total. The molecule has 1 aromatic carbocycles. The Morgan fingerprint density at radius 3 is 2.58 bits per heavy atom. The SMILES string of the molecule is [O-]c1nn2c(Cc3ccc(Cl)nc3)cccc2[n+]1-c1ccccc1. The smallest absolute Gasteiger partial charge is 0.270 e. The Kier molecular flexibility index (Phi) is 3.63. The molecule has 0 N–H and O–H groups in total. The lowest BCUT2D eigenvalue weighted by molar-refractivity contribution is -0.629. The van der Waals surface area contributed by atoms with Gasteiger partial charge in [0.05, 0.1) is 0 Å². The highest BCUT2D eigenvalue weighted by Crippen LogP contribution is 2.14. The van der Waals surface area contributed by atoms with Crippen molar-refractivity contribution in [2.24, 2.45) is 0 Å². The van der Waals surface area contributed by atoms with E-state index in [4.69, 9.17) is 11.6 Å². The predicted molar refractivity (Wildman–Crippen MR) is 88.2 cm³/mol. The quantitative estimate of drug-likeness (QED) is 0.426. The highest BCUT2D eigenvalue weighted by Gasteiger charge is 2.18. The Morgan fingerprint density at radius 2 is 1.83 bits per heavy atom. The molecule has 0 saturated carbocycles. The number of para-hydroxylation sites is 1. The molecule has 0 atom stereocenters. The van der Waals surface area contributed by atoms with E-state index in [0.717, 1.165) is 22.6 Å². The van der Waals surface area contributed by atoms with Crippen LogP contribution < -0.4 is 9.67 Å². The van der Waals surface area contributed by atoms with Crippen LogP contribution in [0.2, 0.25) is 5.15 Å². The van der Waals surface area contributed by atoms with E-state index in [2.05, 4.69) is 10.1 Å². The molecule has 0 aliphatic heterocycles. The van der Waals surface area contributed by atoms with Crippen molar-refractivity contribution in [1.82, 2.24) is 14.6 Å². The van der Waals surface area contributed by atoms with Gasteiger partial charge in [-0.15, -0.1) is 0 Å². The number of halogens is 1. The Labute approximate surface area is 143 Å². The van der Waals surface area contributed by atoms with Crippen molar-refractivity contribution in [3.8, 4) is 11.7 Å². The molecule has 0 saturated heterocycles. The van der Waals surface area contributed by atoms with Gasteiger partial charge in [-0.05, 0) is 29.8 Å². The summed E-state index contributed by atoms with van der Waals surface area (Å²) in [7, 11) is 0. The number of nitrogens with zero attached hydrogens (tertiary/aromatic N) is 4. The fourth-order valence-corrected chi connectivity index (χ4v) is 2.83. The van der Waals surface area contributed by atoms with Crippen LogP contribution >= 0.6 is 11.6 Å². The lowest BCUT2D eigenvalue weighted by Gasteiger charge is -2.03. The van der Waals surface area contributed by atoms with E-state index >= 15 is 0 Å². The third-order valence-electron chi connectivity index (χ3n) is 3.82. The zero-order chi connectivity index (χ0) is 16.5. The largest absolute Gasteiger partial charge is 0.817 e. The van der Waals surface area contributed by atoms with Crippen LogP contribution in [-0.2, 0) is 6.42 Å². The second kappa shape index (κ2) is 5.94. The van der Waals surface area contributed by atoms with Crippen LogP contribution in [0.5, 0.6) is 6.01 Å². The van der Waals surface area contributed by atoms with Crippen molar-refractivity contribution < 1.29 is 9.67 Å². The van der Waals surface area contributed by atoms with Gasteiger partial charge in [-0.1, -0.05) is 46.4 Å². The van der Waals surface area contributed by atoms with Gasteiger partial charge in [0.2, 0.25) is 0 Å². The van der Waals surface area contributed by atoms with Crippen LogP contribution in [0.1, 0.15) is 11.3 Å². The summed E-state index contributed by atoms with van der Waals surface area (Å²) >= 11 is 5.83. The maximum Gasteiger partial charge on any atom is 0.270 e. The van der Waals surface area contributed by atoms with Gasteiger partial charge in [-0.2, -0.15) is 0 Å². The van der Waals surface area contributed by atoms with Crippen LogP contribution in [0.4, 0.5) is 0 Å². The lowest BCUT2D eigenvalue weighted by atomic mass is 10.1. The lowest BCUT2D eigenvalue weighted by Crippen LogP contribution is -2.33. The predicted octanol–water partition coefficient (Wildman–Crippen LogP) is 2.32. The minimum absolute atomic E-state index is 0.303. The summed E-state index contributed by atoms with van der Waals surface area (Å²) < 4.78 is 3.29. The molecule has 6 heteroatoms. The molecule has 0 aliphatic carbocycles. The van der Waals surface area contributed by atoms with Crippen molar-refractivity contribution in [2.45, 2.75) is 6.42 Å². The van der Waals surface area contributed by atoms with Crippen LogP contribution in [-0.4, -0.2) is 14.6 Å². The Morgan fingerprint density at radius 1 is 1.00 bits per heavy atom. The zero-order valence-corrected chi connectivity index (χ0v) is 13.4. The van der Waals surface area contributed by atoms with E-state index in [0.29, 0.717) is 11.6 Å². The molecule has 0 aliphatic rings. The first-order chi connectivity index (χ1) is 11.7. The number of rotatable bonds is 3.